The van der Waals surface area contributed by atoms with E-state index in [2.05, 4.69) is 27.4 Å². The Bertz CT molecular complexity index is 691. The van der Waals surface area contributed by atoms with Crippen LogP contribution in [0.1, 0.15) is 12.8 Å². The van der Waals surface area contributed by atoms with Crippen molar-refractivity contribution in [2.24, 2.45) is 13.0 Å². The lowest BCUT2D eigenvalue weighted by molar-refractivity contribution is -0.125. The third-order valence-corrected chi connectivity index (χ3v) is 4.26. The molecule has 3 rings (SSSR count). The molecular weight excluding hydrogens is 276 g/mol. The molecule has 1 N–H and O–H groups in total. The maximum absolute atomic E-state index is 12.2. The Balaban J connectivity index is 1.80. The number of carbonyl (C=O) groups is 1. The molecule has 5 nitrogen and oxygen atoms in total. The average Bonchev–Trinajstić information content (AvgIpc) is 2.90. The highest BCUT2D eigenvalue weighted by Gasteiger charge is 2.27. The number of aromatic nitrogens is 2. The van der Waals surface area contributed by atoms with Gasteiger partial charge in [-0.3, -0.25) is 4.79 Å². The van der Waals surface area contributed by atoms with Crippen LogP contribution in [0.25, 0.3) is 11.0 Å². The average molecular weight is 298 g/mol. The Morgan fingerprint density at radius 1 is 1.50 bits per heavy atom. The molecule has 1 aliphatic rings. The summed E-state index contributed by atoms with van der Waals surface area (Å²) in [5, 5.41) is 2.90. The first-order chi connectivity index (χ1) is 10.7. The molecule has 1 aliphatic heterocycles. The minimum absolute atomic E-state index is 0.0218. The van der Waals surface area contributed by atoms with Crippen molar-refractivity contribution in [3.05, 3.63) is 36.9 Å². The van der Waals surface area contributed by atoms with E-state index in [9.17, 15) is 4.79 Å². The van der Waals surface area contributed by atoms with Crippen LogP contribution in [0.3, 0.4) is 0 Å². The molecule has 0 aliphatic carbocycles. The molecule has 1 aromatic heterocycles. The van der Waals surface area contributed by atoms with Gasteiger partial charge < -0.3 is 14.8 Å². The molecule has 1 fully saturated rings. The molecule has 0 saturated carbocycles. The number of imidazole rings is 1. The summed E-state index contributed by atoms with van der Waals surface area (Å²) >= 11 is 0. The Morgan fingerprint density at radius 2 is 2.32 bits per heavy atom. The summed E-state index contributed by atoms with van der Waals surface area (Å²) in [6.45, 7) is 5.84. The van der Waals surface area contributed by atoms with E-state index in [1.807, 2.05) is 25.2 Å². The second-order valence-electron chi connectivity index (χ2n) is 5.78. The van der Waals surface area contributed by atoms with Crippen LogP contribution in [-0.2, 0) is 11.8 Å². The van der Waals surface area contributed by atoms with Crippen LogP contribution in [0, 0.1) is 5.92 Å². The van der Waals surface area contributed by atoms with Gasteiger partial charge >= 0.3 is 0 Å². The predicted molar refractivity (Wildman–Crippen MR) is 88.9 cm³/mol. The van der Waals surface area contributed by atoms with Crippen LogP contribution in [0.5, 0.6) is 0 Å². The van der Waals surface area contributed by atoms with E-state index in [1.165, 1.54) is 0 Å². The number of amides is 1. The van der Waals surface area contributed by atoms with Crippen LogP contribution in [0.15, 0.2) is 36.9 Å². The zero-order chi connectivity index (χ0) is 15.5. The molecule has 1 saturated heterocycles. The van der Waals surface area contributed by atoms with Gasteiger partial charge in [0, 0.05) is 26.7 Å². The second kappa shape index (κ2) is 6.22. The molecule has 5 heteroatoms. The molecule has 1 atom stereocenters. The zero-order valence-electron chi connectivity index (χ0n) is 13.0. The summed E-state index contributed by atoms with van der Waals surface area (Å²) in [5.74, 6) is 1.08. The van der Waals surface area contributed by atoms with E-state index >= 15 is 0 Å². The first-order valence-corrected chi connectivity index (χ1v) is 7.75. The zero-order valence-corrected chi connectivity index (χ0v) is 13.0. The smallest absolute Gasteiger partial charge is 0.225 e. The number of benzene rings is 1. The molecule has 0 unspecified atom stereocenters. The number of piperidine rings is 1. The summed E-state index contributed by atoms with van der Waals surface area (Å²) in [4.78, 5) is 19.1. The Hall–Kier alpha value is -2.30. The van der Waals surface area contributed by atoms with E-state index in [0.717, 1.165) is 42.9 Å². The summed E-state index contributed by atoms with van der Waals surface area (Å²) < 4.78 is 2.11. The summed E-state index contributed by atoms with van der Waals surface area (Å²) in [7, 11) is 2.03. The first-order valence-electron chi connectivity index (χ1n) is 7.75. The summed E-state index contributed by atoms with van der Waals surface area (Å²) in [6, 6.07) is 8.12. The van der Waals surface area contributed by atoms with Crippen molar-refractivity contribution in [3.63, 3.8) is 0 Å². The molecular formula is C17H22N4O. The summed E-state index contributed by atoms with van der Waals surface area (Å²) in [6.07, 6.45) is 3.66. The fourth-order valence-corrected chi connectivity index (χ4v) is 3.11. The SMILES string of the molecule is C=CCNC(=O)[C@H]1CCCN(c2nc3ccccc3n2C)C1. The third-order valence-electron chi connectivity index (χ3n) is 4.26. The fourth-order valence-electron chi connectivity index (χ4n) is 3.11. The molecule has 1 aromatic carbocycles. The minimum Gasteiger partial charge on any atom is -0.352 e. The van der Waals surface area contributed by atoms with Crippen LogP contribution in [0.2, 0.25) is 0 Å². The van der Waals surface area contributed by atoms with Crippen molar-refractivity contribution < 1.29 is 4.79 Å². The van der Waals surface area contributed by atoms with Gasteiger partial charge in [-0.2, -0.15) is 0 Å². The number of nitrogens with zero attached hydrogens (tertiary/aromatic N) is 3. The lowest BCUT2D eigenvalue weighted by Gasteiger charge is -2.32. The maximum atomic E-state index is 12.2. The summed E-state index contributed by atoms with van der Waals surface area (Å²) in [5.41, 5.74) is 2.12. The predicted octanol–water partition coefficient (Wildman–Crippen LogP) is 2.09. The molecule has 116 valence electrons. The van der Waals surface area contributed by atoms with Crippen LogP contribution >= 0.6 is 0 Å². The van der Waals surface area contributed by atoms with Gasteiger partial charge in [-0.15, -0.1) is 6.58 Å². The molecule has 1 amide bonds. The van der Waals surface area contributed by atoms with Crippen molar-refractivity contribution in [2.45, 2.75) is 12.8 Å². The number of rotatable bonds is 4. The van der Waals surface area contributed by atoms with Crippen molar-refractivity contribution in [1.82, 2.24) is 14.9 Å². The maximum Gasteiger partial charge on any atom is 0.225 e. The van der Waals surface area contributed by atoms with Crippen molar-refractivity contribution in [1.29, 1.82) is 0 Å². The Kier molecular flexibility index (Phi) is 4.13. The molecule has 2 aromatic rings. The van der Waals surface area contributed by atoms with Gasteiger partial charge in [0.1, 0.15) is 0 Å². The van der Waals surface area contributed by atoms with E-state index in [4.69, 9.17) is 4.98 Å². The van der Waals surface area contributed by atoms with E-state index in [-0.39, 0.29) is 11.8 Å². The van der Waals surface area contributed by atoms with Crippen molar-refractivity contribution in [2.75, 3.05) is 24.5 Å². The topological polar surface area (TPSA) is 50.2 Å². The van der Waals surface area contributed by atoms with Gasteiger partial charge in [-0.1, -0.05) is 18.2 Å². The quantitative estimate of drug-likeness (QED) is 0.879. The number of aryl methyl sites for hydroxylation is 1. The fraction of sp³-hybridized carbons (Fsp3) is 0.412. The lowest BCUT2D eigenvalue weighted by atomic mass is 9.97. The number of nitrogens with one attached hydrogen (secondary N) is 1. The van der Waals surface area contributed by atoms with Gasteiger partial charge in [0.25, 0.3) is 0 Å². The number of hydrogen-bond acceptors (Lipinski definition) is 3. The van der Waals surface area contributed by atoms with E-state index in [0.29, 0.717) is 6.54 Å². The van der Waals surface area contributed by atoms with Gasteiger partial charge in [0.15, 0.2) is 0 Å². The van der Waals surface area contributed by atoms with Crippen molar-refractivity contribution in [3.8, 4) is 0 Å². The standard InChI is InChI=1S/C17H22N4O/c1-3-10-18-16(22)13-7-6-11-21(12-13)17-19-14-8-4-5-9-15(14)20(17)2/h3-5,8-9,13H,1,6-7,10-12H2,2H3,(H,18,22)/t13-/m0/s1. The molecule has 0 radical (unpaired) electrons. The van der Waals surface area contributed by atoms with Gasteiger partial charge in [0.05, 0.1) is 17.0 Å². The minimum atomic E-state index is 0.0218. The van der Waals surface area contributed by atoms with Crippen LogP contribution in [-0.4, -0.2) is 35.1 Å². The number of fused-ring (bicyclic) bond motifs is 1. The van der Waals surface area contributed by atoms with E-state index in [1.54, 1.807) is 6.08 Å². The molecule has 0 spiro atoms. The van der Waals surface area contributed by atoms with Crippen molar-refractivity contribution >= 4 is 22.9 Å². The normalized spacial score (nSPS) is 18.4. The Labute approximate surface area is 130 Å². The highest BCUT2D eigenvalue weighted by Crippen LogP contribution is 2.25. The van der Waals surface area contributed by atoms with Crippen LogP contribution < -0.4 is 10.2 Å². The lowest BCUT2D eigenvalue weighted by Crippen LogP contribution is -2.44. The van der Waals surface area contributed by atoms with Gasteiger partial charge in [0.2, 0.25) is 11.9 Å². The third kappa shape index (κ3) is 2.71. The number of para-hydroxylation sites is 2. The molecule has 0 bridgehead atoms. The molecule has 2 heterocycles. The van der Waals surface area contributed by atoms with Crippen LogP contribution in [0.4, 0.5) is 5.95 Å². The number of carbonyl (C=O) groups excluding carboxylic acids is 1. The number of anilines is 1. The van der Waals surface area contributed by atoms with Gasteiger partial charge in [-0.25, -0.2) is 4.98 Å². The Morgan fingerprint density at radius 3 is 3.09 bits per heavy atom. The van der Waals surface area contributed by atoms with E-state index < -0.39 is 0 Å². The second-order valence-corrected chi connectivity index (χ2v) is 5.78. The monoisotopic (exact) mass is 298 g/mol. The van der Waals surface area contributed by atoms with Gasteiger partial charge in [-0.05, 0) is 25.0 Å². The number of hydrogen-bond donors (Lipinski definition) is 1. The highest BCUT2D eigenvalue weighted by molar-refractivity contribution is 5.81. The largest absolute Gasteiger partial charge is 0.352 e. The highest BCUT2D eigenvalue weighted by atomic mass is 16.1. The molecule has 22 heavy (non-hydrogen) atoms. The first kappa shape index (κ1) is 14.6.